The third-order valence-electron chi connectivity index (χ3n) is 2.76. The van der Waals surface area contributed by atoms with Gasteiger partial charge in [-0.2, -0.15) is 0 Å². The van der Waals surface area contributed by atoms with E-state index in [0.29, 0.717) is 0 Å². The van der Waals surface area contributed by atoms with E-state index in [1.165, 1.54) is 0 Å². The summed E-state index contributed by atoms with van der Waals surface area (Å²) in [6, 6.07) is 1.93. The van der Waals surface area contributed by atoms with Gasteiger partial charge in [-0.3, -0.25) is 10.1 Å². The number of anilines is 1. The zero-order valence-electron chi connectivity index (χ0n) is 11.6. The Morgan fingerprint density at radius 1 is 1.50 bits per heavy atom. The highest BCUT2D eigenvalue weighted by Gasteiger charge is 2.31. The number of nitrogens with zero attached hydrogens (tertiary/aromatic N) is 1. The van der Waals surface area contributed by atoms with Crippen molar-refractivity contribution >= 4 is 34.9 Å². The molecule has 0 saturated heterocycles. The first-order valence-corrected chi connectivity index (χ1v) is 6.24. The minimum Gasteiger partial charge on any atom is -0.479 e. The van der Waals surface area contributed by atoms with Crippen molar-refractivity contribution in [3.63, 3.8) is 0 Å². The van der Waals surface area contributed by atoms with Gasteiger partial charge in [0.1, 0.15) is 0 Å². The van der Waals surface area contributed by atoms with Crippen molar-refractivity contribution in [3.05, 3.63) is 32.8 Å². The van der Waals surface area contributed by atoms with Crippen molar-refractivity contribution < 1.29 is 29.5 Å². The van der Waals surface area contributed by atoms with Crippen LogP contribution in [0.2, 0.25) is 5.02 Å². The van der Waals surface area contributed by atoms with Crippen LogP contribution in [0.4, 0.5) is 11.4 Å². The molecule has 0 fully saturated rings. The van der Waals surface area contributed by atoms with E-state index < -0.39 is 34.7 Å². The fraction of sp³-hybridized carbons (Fsp3) is 0.333. The maximum absolute atomic E-state index is 11.7. The molecular weight excluding hydrogens is 320 g/mol. The topological polar surface area (TPSA) is 139 Å². The number of aliphatic hydroxyl groups is 1. The minimum atomic E-state index is -2.13. The summed E-state index contributed by atoms with van der Waals surface area (Å²) < 4.78 is 4.51. The number of nitro benzene ring substituents is 1. The highest BCUT2D eigenvalue weighted by Crippen LogP contribution is 2.32. The van der Waals surface area contributed by atoms with Crippen molar-refractivity contribution in [3.8, 4) is 0 Å². The second-order valence-corrected chi connectivity index (χ2v) is 4.94. The van der Waals surface area contributed by atoms with E-state index in [-0.39, 0.29) is 16.3 Å². The van der Waals surface area contributed by atoms with Crippen LogP contribution in [0.1, 0.15) is 17.3 Å². The van der Waals surface area contributed by atoms with Gasteiger partial charge in [0.15, 0.2) is 5.60 Å². The number of non-ortho nitro benzene ring substituents is 1. The monoisotopic (exact) mass is 332 g/mol. The van der Waals surface area contributed by atoms with Crippen LogP contribution in [0.5, 0.6) is 0 Å². The van der Waals surface area contributed by atoms with Crippen LogP contribution >= 0.6 is 11.6 Å². The quantitative estimate of drug-likeness (QED) is 0.402. The lowest BCUT2D eigenvalue weighted by Crippen LogP contribution is -2.42. The number of esters is 1. The van der Waals surface area contributed by atoms with Crippen LogP contribution in [0.3, 0.4) is 0 Å². The number of rotatable bonds is 6. The number of nitrogens with one attached hydrogen (secondary N) is 1. The molecular formula is C12H13ClN2O7. The molecule has 22 heavy (non-hydrogen) atoms. The molecule has 0 aromatic heterocycles. The predicted octanol–water partition coefficient (Wildman–Crippen LogP) is 1.28. The molecule has 0 bridgehead atoms. The minimum absolute atomic E-state index is 0.0689. The Hall–Kier alpha value is -2.39. The Morgan fingerprint density at radius 2 is 2.09 bits per heavy atom. The van der Waals surface area contributed by atoms with E-state index in [0.717, 1.165) is 26.2 Å². The molecule has 120 valence electrons. The molecule has 0 aliphatic heterocycles. The van der Waals surface area contributed by atoms with Gasteiger partial charge in [-0.05, 0) is 6.92 Å². The van der Waals surface area contributed by atoms with Crippen molar-refractivity contribution in [1.29, 1.82) is 0 Å². The highest BCUT2D eigenvalue weighted by molar-refractivity contribution is 6.34. The van der Waals surface area contributed by atoms with Gasteiger partial charge in [0.25, 0.3) is 5.69 Å². The zero-order chi connectivity index (χ0) is 17.1. The Kier molecular flexibility index (Phi) is 5.28. The molecule has 0 saturated carbocycles. The molecule has 0 aliphatic carbocycles. The predicted molar refractivity (Wildman–Crippen MR) is 76.2 cm³/mol. The maximum atomic E-state index is 11.7. The normalized spacial score (nSPS) is 13.1. The third-order valence-corrected chi connectivity index (χ3v) is 3.06. The molecule has 1 aromatic rings. The first kappa shape index (κ1) is 17.7. The summed E-state index contributed by atoms with van der Waals surface area (Å²) in [5.41, 5.74) is -2.87. The molecule has 3 N–H and O–H groups in total. The summed E-state index contributed by atoms with van der Waals surface area (Å²) in [6.07, 6.45) is 0. The Labute approximate surface area is 129 Å². The van der Waals surface area contributed by atoms with Gasteiger partial charge in [0.2, 0.25) is 0 Å². The summed E-state index contributed by atoms with van der Waals surface area (Å²) in [5, 5.41) is 31.6. The van der Waals surface area contributed by atoms with Gasteiger partial charge in [0.05, 0.1) is 34.9 Å². The van der Waals surface area contributed by atoms with Crippen molar-refractivity contribution in [2.45, 2.75) is 12.5 Å². The molecule has 1 rings (SSSR count). The van der Waals surface area contributed by atoms with Crippen molar-refractivity contribution in [2.24, 2.45) is 0 Å². The number of hydrogen-bond acceptors (Lipinski definition) is 7. The second kappa shape index (κ2) is 6.58. The lowest BCUT2D eigenvalue weighted by molar-refractivity contribution is -0.384. The van der Waals surface area contributed by atoms with Crippen LogP contribution < -0.4 is 5.32 Å². The average Bonchev–Trinajstić information content (AvgIpc) is 2.43. The number of hydrogen-bond donors (Lipinski definition) is 3. The van der Waals surface area contributed by atoms with E-state index in [2.05, 4.69) is 10.1 Å². The summed E-state index contributed by atoms with van der Waals surface area (Å²) in [7, 11) is 1.08. The van der Waals surface area contributed by atoms with Gasteiger partial charge in [0, 0.05) is 12.1 Å². The smallest absolute Gasteiger partial charge is 0.340 e. The zero-order valence-corrected chi connectivity index (χ0v) is 12.4. The average molecular weight is 333 g/mol. The fourth-order valence-corrected chi connectivity index (χ4v) is 1.76. The molecule has 1 atom stereocenters. The Balaban J connectivity index is 3.25. The number of carbonyl (C=O) groups is 2. The van der Waals surface area contributed by atoms with E-state index in [9.17, 15) is 24.8 Å². The number of nitro groups is 1. The van der Waals surface area contributed by atoms with E-state index >= 15 is 0 Å². The van der Waals surface area contributed by atoms with Crippen molar-refractivity contribution in [2.75, 3.05) is 19.0 Å². The molecule has 0 radical (unpaired) electrons. The Bertz CT molecular complexity index is 630. The van der Waals surface area contributed by atoms with Crippen LogP contribution in [-0.2, 0) is 9.53 Å². The Morgan fingerprint density at radius 3 is 2.55 bits per heavy atom. The molecule has 0 aliphatic rings. The molecule has 0 heterocycles. The number of aliphatic carboxylic acids is 1. The van der Waals surface area contributed by atoms with Crippen molar-refractivity contribution in [1.82, 2.24) is 0 Å². The SMILES string of the molecule is COC(=O)c1cc([N+](=O)[O-])cc(Cl)c1NCC(C)(O)C(=O)O. The summed E-state index contributed by atoms with van der Waals surface area (Å²) in [6.45, 7) is 0.559. The molecule has 0 spiro atoms. The highest BCUT2D eigenvalue weighted by atomic mass is 35.5. The standard InChI is InChI=1S/C12H13ClN2O7/c1-12(19,11(17)18)5-14-9-7(10(16)22-2)3-6(15(20)21)4-8(9)13/h3-4,14,19H,5H2,1-2H3,(H,17,18). The largest absolute Gasteiger partial charge is 0.479 e. The fourth-order valence-electron chi connectivity index (χ4n) is 1.48. The lowest BCUT2D eigenvalue weighted by Gasteiger charge is -2.20. The molecule has 9 nitrogen and oxygen atoms in total. The van der Waals surface area contributed by atoms with Gasteiger partial charge in [-0.25, -0.2) is 9.59 Å². The van der Waals surface area contributed by atoms with Crippen LogP contribution in [0.25, 0.3) is 0 Å². The number of carboxylic acids is 1. The second-order valence-electron chi connectivity index (χ2n) is 4.53. The van der Waals surface area contributed by atoms with E-state index in [1.54, 1.807) is 0 Å². The van der Waals surface area contributed by atoms with Gasteiger partial charge >= 0.3 is 11.9 Å². The molecule has 0 amide bonds. The summed E-state index contributed by atoms with van der Waals surface area (Å²) in [4.78, 5) is 32.6. The van der Waals surface area contributed by atoms with E-state index in [4.69, 9.17) is 16.7 Å². The summed E-state index contributed by atoms with van der Waals surface area (Å²) in [5.74, 6) is -2.39. The lowest BCUT2D eigenvalue weighted by atomic mass is 10.1. The van der Waals surface area contributed by atoms with Gasteiger partial charge in [-0.1, -0.05) is 11.6 Å². The summed E-state index contributed by atoms with van der Waals surface area (Å²) >= 11 is 5.88. The van der Waals surface area contributed by atoms with Crippen LogP contribution in [0.15, 0.2) is 12.1 Å². The third kappa shape index (κ3) is 3.83. The number of ether oxygens (including phenoxy) is 1. The molecule has 1 aromatic carbocycles. The first-order valence-electron chi connectivity index (χ1n) is 5.86. The number of carboxylic acid groups (broad SMARTS) is 1. The van der Waals surface area contributed by atoms with Crippen LogP contribution in [-0.4, -0.2) is 46.3 Å². The van der Waals surface area contributed by atoms with Crippen LogP contribution in [0, 0.1) is 10.1 Å². The first-order chi connectivity index (χ1) is 10.1. The molecule has 1 unspecified atom stereocenters. The number of methoxy groups -OCH3 is 1. The van der Waals surface area contributed by atoms with E-state index in [1.807, 2.05) is 0 Å². The number of carbonyl (C=O) groups excluding carboxylic acids is 1. The number of benzene rings is 1. The van der Waals surface area contributed by atoms with Gasteiger partial charge < -0.3 is 20.3 Å². The maximum Gasteiger partial charge on any atom is 0.340 e. The van der Waals surface area contributed by atoms with Gasteiger partial charge in [-0.15, -0.1) is 0 Å². The molecule has 10 heteroatoms. The number of halogens is 1.